The van der Waals surface area contributed by atoms with E-state index in [1.165, 1.54) is 29.5 Å². The molecule has 0 nitrogen and oxygen atoms in total. The fraction of sp³-hybridized carbons (Fsp3) is 0.167. The van der Waals surface area contributed by atoms with Crippen LogP contribution in [0.3, 0.4) is 0 Å². The molecule has 0 fully saturated rings. The van der Waals surface area contributed by atoms with Crippen LogP contribution < -0.4 is 0 Å². The number of hydrogen-bond acceptors (Lipinski definition) is 0. The molecule has 0 aliphatic heterocycles. The average molecular weight is 156 g/mol. The Morgan fingerprint density at radius 3 is 2.83 bits per heavy atom. The fourth-order valence-electron chi connectivity index (χ4n) is 1.77. The van der Waals surface area contributed by atoms with Crippen molar-refractivity contribution in [1.29, 1.82) is 0 Å². The van der Waals surface area contributed by atoms with Gasteiger partial charge in [-0.25, -0.2) is 0 Å². The average Bonchev–Trinajstić information content (AvgIpc) is 2.50. The molecule has 2 rings (SSSR count). The van der Waals surface area contributed by atoms with Crippen molar-refractivity contribution >= 4 is 5.57 Å². The van der Waals surface area contributed by atoms with Gasteiger partial charge in [-0.15, -0.1) is 0 Å². The highest BCUT2D eigenvalue weighted by molar-refractivity contribution is 5.73. The molecule has 12 heavy (non-hydrogen) atoms. The van der Waals surface area contributed by atoms with Crippen molar-refractivity contribution in [3.05, 3.63) is 54.1 Å². The Morgan fingerprint density at radius 2 is 2.00 bits per heavy atom. The first-order valence-electron chi connectivity index (χ1n) is 4.31. The van der Waals surface area contributed by atoms with E-state index in [4.69, 9.17) is 0 Å². The van der Waals surface area contributed by atoms with E-state index in [9.17, 15) is 0 Å². The summed E-state index contributed by atoms with van der Waals surface area (Å²) in [4.78, 5) is 0. The number of hydrogen-bond donors (Lipinski definition) is 0. The van der Waals surface area contributed by atoms with Crippen molar-refractivity contribution in [3.63, 3.8) is 0 Å². The van der Waals surface area contributed by atoms with E-state index < -0.39 is 0 Å². The molecule has 0 radical (unpaired) electrons. The highest BCUT2D eigenvalue weighted by atomic mass is 14.2. The van der Waals surface area contributed by atoms with Gasteiger partial charge < -0.3 is 0 Å². The molecule has 1 aliphatic carbocycles. The van der Waals surface area contributed by atoms with Crippen molar-refractivity contribution in [2.24, 2.45) is 0 Å². The van der Waals surface area contributed by atoms with Gasteiger partial charge in [-0.3, -0.25) is 0 Å². The standard InChI is InChI=1S/C12H12/c1-2-5-10-8-9-11-6-3-4-7-12(10)11/h2-7H,1,8-9H2/b10-5+. The van der Waals surface area contributed by atoms with Gasteiger partial charge in [0.2, 0.25) is 0 Å². The van der Waals surface area contributed by atoms with Crippen LogP contribution in [0.15, 0.2) is 43.0 Å². The van der Waals surface area contributed by atoms with Gasteiger partial charge in [-0.2, -0.15) is 0 Å². The lowest BCUT2D eigenvalue weighted by atomic mass is 10.1. The lowest BCUT2D eigenvalue weighted by Crippen LogP contribution is -1.77. The summed E-state index contributed by atoms with van der Waals surface area (Å²) in [5.41, 5.74) is 4.32. The lowest BCUT2D eigenvalue weighted by molar-refractivity contribution is 1.08. The van der Waals surface area contributed by atoms with Crippen LogP contribution in [0.4, 0.5) is 0 Å². The molecule has 0 spiro atoms. The van der Waals surface area contributed by atoms with Crippen LogP contribution in [-0.4, -0.2) is 0 Å². The number of benzene rings is 1. The first-order chi connectivity index (χ1) is 5.92. The van der Waals surface area contributed by atoms with Gasteiger partial charge in [0.15, 0.2) is 0 Å². The summed E-state index contributed by atoms with van der Waals surface area (Å²) in [5.74, 6) is 0. The molecule has 0 heteroatoms. The van der Waals surface area contributed by atoms with Gasteiger partial charge in [-0.1, -0.05) is 43.0 Å². The van der Waals surface area contributed by atoms with Crippen molar-refractivity contribution in [2.45, 2.75) is 12.8 Å². The molecule has 0 atom stereocenters. The first kappa shape index (κ1) is 7.35. The van der Waals surface area contributed by atoms with Crippen LogP contribution in [0.25, 0.3) is 5.57 Å². The summed E-state index contributed by atoms with van der Waals surface area (Å²) in [6.07, 6.45) is 6.35. The molecular weight excluding hydrogens is 144 g/mol. The predicted molar refractivity (Wildman–Crippen MR) is 52.9 cm³/mol. The summed E-state index contributed by atoms with van der Waals surface area (Å²) >= 11 is 0. The maximum Gasteiger partial charge on any atom is -0.0192 e. The van der Waals surface area contributed by atoms with E-state index in [0.29, 0.717) is 0 Å². The van der Waals surface area contributed by atoms with Crippen molar-refractivity contribution in [1.82, 2.24) is 0 Å². The van der Waals surface area contributed by atoms with Crippen LogP contribution in [-0.2, 0) is 6.42 Å². The van der Waals surface area contributed by atoms with E-state index in [0.717, 1.165) is 0 Å². The second-order valence-electron chi connectivity index (χ2n) is 3.08. The molecule has 0 unspecified atom stereocenters. The molecule has 0 heterocycles. The molecule has 0 saturated heterocycles. The fourth-order valence-corrected chi connectivity index (χ4v) is 1.77. The Kier molecular flexibility index (Phi) is 1.83. The number of allylic oxidation sites excluding steroid dienone is 3. The molecular formula is C12H12. The third-order valence-electron chi connectivity index (χ3n) is 2.35. The maximum atomic E-state index is 3.72. The molecule has 0 N–H and O–H groups in total. The molecule has 1 aromatic rings. The van der Waals surface area contributed by atoms with Crippen LogP contribution >= 0.6 is 0 Å². The summed E-state index contributed by atoms with van der Waals surface area (Å²) in [5, 5.41) is 0. The minimum atomic E-state index is 1.17. The maximum absolute atomic E-state index is 3.72. The van der Waals surface area contributed by atoms with Gasteiger partial charge in [0, 0.05) is 0 Å². The summed E-state index contributed by atoms with van der Waals surface area (Å²) in [6, 6.07) is 8.60. The molecule has 0 saturated carbocycles. The highest BCUT2D eigenvalue weighted by Gasteiger charge is 2.13. The number of fused-ring (bicyclic) bond motifs is 1. The predicted octanol–water partition coefficient (Wildman–Crippen LogP) is 3.20. The first-order valence-corrected chi connectivity index (χ1v) is 4.31. The number of aryl methyl sites for hydroxylation is 1. The van der Waals surface area contributed by atoms with E-state index in [1.807, 2.05) is 6.08 Å². The minimum Gasteiger partial charge on any atom is -0.0991 e. The normalized spacial score (nSPS) is 17.8. The summed E-state index contributed by atoms with van der Waals surface area (Å²) in [6.45, 7) is 3.72. The molecule has 1 aliphatic rings. The van der Waals surface area contributed by atoms with Crippen molar-refractivity contribution in [3.8, 4) is 0 Å². The molecule has 0 aromatic heterocycles. The van der Waals surface area contributed by atoms with E-state index in [1.54, 1.807) is 0 Å². The smallest absolute Gasteiger partial charge is 0.0192 e. The summed E-state index contributed by atoms with van der Waals surface area (Å²) < 4.78 is 0. The van der Waals surface area contributed by atoms with Gasteiger partial charge in [-0.05, 0) is 29.5 Å². The molecule has 60 valence electrons. The quantitative estimate of drug-likeness (QED) is 0.585. The largest absolute Gasteiger partial charge is 0.0991 e. The Morgan fingerprint density at radius 1 is 1.17 bits per heavy atom. The van der Waals surface area contributed by atoms with Crippen LogP contribution in [0.1, 0.15) is 17.5 Å². The van der Waals surface area contributed by atoms with Gasteiger partial charge in [0.05, 0.1) is 0 Å². The minimum absolute atomic E-state index is 1.17. The van der Waals surface area contributed by atoms with Crippen LogP contribution in [0, 0.1) is 0 Å². The van der Waals surface area contributed by atoms with Crippen molar-refractivity contribution < 1.29 is 0 Å². The van der Waals surface area contributed by atoms with E-state index in [-0.39, 0.29) is 0 Å². The van der Waals surface area contributed by atoms with Gasteiger partial charge >= 0.3 is 0 Å². The topological polar surface area (TPSA) is 0 Å². The monoisotopic (exact) mass is 156 g/mol. The van der Waals surface area contributed by atoms with Crippen molar-refractivity contribution in [2.75, 3.05) is 0 Å². The second kappa shape index (κ2) is 2.98. The molecule has 0 amide bonds. The zero-order valence-electron chi connectivity index (χ0n) is 7.09. The van der Waals surface area contributed by atoms with Gasteiger partial charge in [0.1, 0.15) is 0 Å². The second-order valence-corrected chi connectivity index (χ2v) is 3.08. The Labute approximate surface area is 73.2 Å². The number of rotatable bonds is 1. The third kappa shape index (κ3) is 1.10. The lowest BCUT2D eigenvalue weighted by Gasteiger charge is -1.97. The Balaban J connectivity index is 2.49. The van der Waals surface area contributed by atoms with E-state index >= 15 is 0 Å². The van der Waals surface area contributed by atoms with E-state index in [2.05, 4.69) is 36.9 Å². The zero-order chi connectivity index (χ0) is 8.39. The van der Waals surface area contributed by atoms with Crippen LogP contribution in [0.2, 0.25) is 0 Å². The molecule has 0 bridgehead atoms. The van der Waals surface area contributed by atoms with Gasteiger partial charge in [0.25, 0.3) is 0 Å². The molecule has 1 aromatic carbocycles. The summed E-state index contributed by atoms with van der Waals surface area (Å²) in [7, 11) is 0. The SMILES string of the molecule is C=C/C=C1\CCc2ccccc21. The van der Waals surface area contributed by atoms with Crippen LogP contribution in [0.5, 0.6) is 0 Å². The Bertz CT molecular complexity index is 332. The highest BCUT2D eigenvalue weighted by Crippen LogP contribution is 2.31. The third-order valence-corrected chi connectivity index (χ3v) is 2.35. The Hall–Kier alpha value is -1.30. The zero-order valence-corrected chi connectivity index (χ0v) is 7.09.